The predicted octanol–water partition coefficient (Wildman–Crippen LogP) is 0.285. The van der Waals surface area contributed by atoms with Gasteiger partial charge < -0.3 is 10.2 Å². The minimum Gasteiger partial charge on any atom is -0.353 e. The molecule has 1 aliphatic rings. The fraction of sp³-hybridized carbons (Fsp3) is 0.545. The molecular weight excluding hydrogens is 238 g/mol. The molecule has 6 heteroatoms. The van der Waals surface area contributed by atoms with E-state index in [9.17, 15) is 8.42 Å². The Balaban J connectivity index is 2.40. The topological polar surface area (TPSA) is 62.3 Å². The van der Waals surface area contributed by atoms with E-state index in [1.165, 1.54) is 0 Å². The first kappa shape index (κ1) is 12.3. The van der Waals surface area contributed by atoms with Crippen LogP contribution < -0.4 is 10.2 Å². The maximum Gasteiger partial charge on any atom is 0.181 e. The highest BCUT2D eigenvalue weighted by molar-refractivity contribution is 7.91. The van der Waals surface area contributed by atoms with Gasteiger partial charge in [-0.1, -0.05) is 6.92 Å². The Morgan fingerprint density at radius 1 is 1.41 bits per heavy atom. The second kappa shape index (κ2) is 5.01. The molecule has 2 rings (SSSR count). The summed E-state index contributed by atoms with van der Waals surface area (Å²) in [5.74, 6) is 0.702. The maximum atomic E-state index is 12.0. The van der Waals surface area contributed by atoms with Gasteiger partial charge in [0.05, 0.1) is 5.75 Å². The van der Waals surface area contributed by atoms with Crippen LogP contribution in [0.4, 0.5) is 5.82 Å². The quantitative estimate of drug-likeness (QED) is 0.841. The third-order valence-corrected chi connectivity index (χ3v) is 4.63. The zero-order valence-corrected chi connectivity index (χ0v) is 10.7. The van der Waals surface area contributed by atoms with E-state index in [0.717, 1.165) is 26.2 Å². The van der Waals surface area contributed by atoms with Crippen molar-refractivity contribution in [3.63, 3.8) is 0 Å². The first-order valence-corrected chi connectivity index (χ1v) is 7.44. The van der Waals surface area contributed by atoms with Crippen LogP contribution in [-0.2, 0) is 9.84 Å². The molecule has 0 atom stereocenters. The van der Waals surface area contributed by atoms with Crippen molar-refractivity contribution >= 4 is 15.7 Å². The SMILES string of the molecule is CCS(=O)(=O)c1cccnc1N1CCNCC1. The van der Waals surface area contributed by atoms with E-state index in [-0.39, 0.29) is 5.75 Å². The van der Waals surface area contributed by atoms with Gasteiger partial charge >= 0.3 is 0 Å². The van der Waals surface area contributed by atoms with Gasteiger partial charge in [-0.15, -0.1) is 0 Å². The summed E-state index contributed by atoms with van der Waals surface area (Å²) in [5.41, 5.74) is 0. The standard InChI is InChI=1S/C11H17N3O2S/c1-2-17(15,16)10-4-3-5-13-11(10)14-8-6-12-7-9-14/h3-5,12H,2,6-9H2,1H3. The van der Waals surface area contributed by atoms with Gasteiger partial charge in [0.2, 0.25) is 0 Å². The Labute approximate surface area is 102 Å². The molecule has 0 unspecified atom stereocenters. The zero-order chi connectivity index (χ0) is 12.3. The fourth-order valence-electron chi connectivity index (χ4n) is 1.89. The molecule has 1 N–H and O–H groups in total. The summed E-state index contributed by atoms with van der Waals surface area (Å²) in [6, 6.07) is 3.32. The summed E-state index contributed by atoms with van der Waals surface area (Å²) >= 11 is 0. The van der Waals surface area contributed by atoms with Crippen molar-refractivity contribution in [2.75, 3.05) is 36.8 Å². The summed E-state index contributed by atoms with van der Waals surface area (Å²) in [6.45, 7) is 4.97. The van der Waals surface area contributed by atoms with Crippen molar-refractivity contribution in [2.24, 2.45) is 0 Å². The first-order chi connectivity index (χ1) is 8.15. The summed E-state index contributed by atoms with van der Waals surface area (Å²) in [4.78, 5) is 6.61. The molecule has 0 aliphatic carbocycles. The second-order valence-corrected chi connectivity index (χ2v) is 6.21. The smallest absolute Gasteiger partial charge is 0.181 e. The average molecular weight is 255 g/mol. The highest BCUT2D eigenvalue weighted by Gasteiger charge is 2.22. The molecular formula is C11H17N3O2S. The summed E-state index contributed by atoms with van der Waals surface area (Å²) in [6.07, 6.45) is 1.64. The number of sulfone groups is 1. The van der Waals surface area contributed by atoms with Crippen LogP contribution in [0.1, 0.15) is 6.92 Å². The number of piperazine rings is 1. The summed E-state index contributed by atoms with van der Waals surface area (Å²) < 4.78 is 24.0. The van der Waals surface area contributed by atoms with Gasteiger partial charge in [0, 0.05) is 32.4 Å². The van der Waals surface area contributed by atoms with E-state index in [1.54, 1.807) is 25.3 Å². The Hall–Kier alpha value is -1.14. The van der Waals surface area contributed by atoms with Gasteiger partial charge in [-0.05, 0) is 12.1 Å². The van der Waals surface area contributed by atoms with Crippen molar-refractivity contribution in [1.82, 2.24) is 10.3 Å². The second-order valence-electron chi connectivity index (χ2n) is 3.97. The van der Waals surface area contributed by atoms with Crippen molar-refractivity contribution in [1.29, 1.82) is 0 Å². The van der Waals surface area contributed by atoms with Crippen molar-refractivity contribution in [3.8, 4) is 0 Å². The lowest BCUT2D eigenvalue weighted by atomic mass is 10.3. The van der Waals surface area contributed by atoms with Crippen LogP contribution in [0.25, 0.3) is 0 Å². The van der Waals surface area contributed by atoms with Crippen LogP contribution in [-0.4, -0.2) is 45.3 Å². The van der Waals surface area contributed by atoms with Gasteiger partial charge in [-0.3, -0.25) is 0 Å². The minimum atomic E-state index is -3.20. The van der Waals surface area contributed by atoms with Gasteiger partial charge in [0.15, 0.2) is 9.84 Å². The lowest BCUT2D eigenvalue weighted by Gasteiger charge is -2.29. The molecule has 1 aromatic heterocycles. The van der Waals surface area contributed by atoms with Gasteiger partial charge in [-0.2, -0.15) is 0 Å². The molecule has 0 spiro atoms. The highest BCUT2D eigenvalue weighted by Crippen LogP contribution is 2.23. The molecule has 0 bridgehead atoms. The molecule has 0 aromatic carbocycles. The van der Waals surface area contributed by atoms with Gasteiger partial charge in [0.1, 0.15) is 10.7 Å². The number of hydrogen-bond donors (Lipinski definition) is 1. The Kier molecular flexibility index (Phi) is 3.63. The van der Waals surface area contributed by atoms with Gasteiger partial charge in [-0.25, -0.2) is 13.4 Å². The average Bonchev–Trinajstić information content (AvgIpc) is 2.40. The molecule has 5 nitrogen and oxygen atoms in total. The number of nitrogens with zero attached hydrogens (tertiary/aromatic N) is 2. The monoisotopic (exact) mass is 255 g/mol. The molecule has 0 saturated carbocycles. The molecule has 1 aliphatic heterocycles. The highest BCUT2D eigenvalue weighted by atomic mass is 32.2. The van der Waals surface area contributed by atoms with E-state index in [4.69, 9.17) is 0 Å². The van der Waals surface area contributed by atoms with E-state index in [0.29, 0.717) is 10.7 Å². The van der Waals surface area contributed by atoms with Crippen molar-refractivity contribution < 1.29 is 8.42 Å². The third-order valence-electron chi connectivity index (χ3n) is 2.88. The van der Waals surface area contributed by atoms with E-state index < -0.39 is 9.84 Å². The number of hydrogen-bond acceptors (Lipinski definition) is 5. The zero-order valence-electron chi connectivity index (χ0n) is 9.89. The Morgan fingerprint density at radius 3 is 2.76 bits per heavy atom. The number of pyridine rings is 1. The number of anilines is 1. The molecule has 1 saturated heterocycles. The van der Waals surface area contributed by atoms with Crippen LogP contribution in [0, 0.1) is 0 Å². The molecule has 2 heterocycles. The molecule has 1 aromatic rings. The number of rotatable bonds is 3. The number of nitrogens with one attached hydrogen (secondary N) is 1. The van der Waals surface area contributed by atoms with Crippen molar-refractivity contribution in [2.45, 2.75) is 11.8 Å². The van der Waals surface area contributed by atoms with Crippen LogP contribution >= 0.6 is 0 Å². The summed E-state index contributed by atoms with van der Waals surface area (Å²) in [7, 11) is -3.20. The van der Waals surface area contributed by atoms with Crippen molar-refractivity contribution in [3.05, 3.63) is 18.3 Å². The molecule has 94 valence electrons. The minimum absolute atomic E-state index is 0.109. The van der Waals surface area contributed by atoms with Crippen LogP contribution in [0.5, 0.6) is 0 Å². The van der Waals surface area contributed by atoms with Gasteiger partial charge in [0.25, 0.3) is 0 Å². The lowest BCUT2D eigenvalue weighted by Crippen LogP contribution is -2.44. The van der Waals surface area contributed by atoms with Crippen LogP contribution in [0.3, 0.4) is 0 Å². The molecule has 0 amide bonds. The van der Waals surface area contributed by atoms with Crippen LogP contribution in [0.2, 0.25) is 0 Å². The Bertz CT molecular complexity index is 481. The van der Waals surface area contributed by atoms with E-state index in [2.05, 4.69) is 10.3 Å². The molecule has 0 radical (unpaired) electrons. The van der Waals surface area contributed by atoms with E-state index in [1.807, 2.05) is 4.90 Å². The molecule has 1 fully saturated rings. The van der Waals surface area contributed by atoms with E-state index >= 15 is 0 Å². The number of aromatic nitrogens is 1. The largest absolute Gasteiger partial charge is 0.353 e. The maximum absolute atomic E-state index is 12.0. The fourth-order valence-corrected chi connectivity index (χ4v) is 2.95. The first-order valence-electron chi connectivity index (χ1n) is 5.78. The molecule has 17 heavy (non-hydrogen) atoms. The lowest BCUT2D eigenvalue weighted by molar-refractivity contribution is 0.575. The summed E-state index contributed by atoms with van der Waals surface area (Å²) in [5, 5.41) is 3.24. The third kappa shape index (κ3) is 2.58. The Morgan fingerprint density at radius 2 is 2.12 bits per heavy atom. The van der Waals surface area contributed by atoms with Crippen LogP contribution in [0.15, 0.2) is 23.2 Å². The predicted molar refractivity (Wildman–Crippen MR) is 67.0 cm³/mol. The normalized spacial score (nSPS) is 17.1.